The molecule has 1 fully saturated rings. The van der Waals surface area contributed by atoms with E-state index in [9.17, 15) is 19.7 Å². The highest BCUT2D eigenvalue weighted by Crippen LogP contribution is 2.28. The van der Waals surface area contributed by atoms with Crippen LogP contribution in [0.4, 0.5) is 11.4 Å². The molecule has 0 aromatic heterocycles. The molecule has 10 nitrogen and oxygen atoms in total. The van der Waals surface area contributed by atoms with E-state index in [2.05, 4.69) is 15.5 Å². The average Bonchev–Trinajstić information content (AvgIpc) is 2.97. The molecule has 1 heterocycles. The largest absolute Gasteiger partial charge is 0.493 e. The highest BCUT2D eigenvalue weighted by Gasteiger charge is 2.24. The van der Waals surface area contributed by atoms with Gasteiger partial charge in [-0.2, -0.15) is 0 Å². The lowest BCUT2D eigenvalue weighted by Crippen LogP contribution is -2.45. The van der Waals surface area contributed by atoms with Gasteiger partial charge < -0.3 is 25.0 Å². The highest BCUT2D eigenvalue weighted by atomic mass is 16.6. The second-order valence-corrected chi connectivity index (χ2v) is 9.25. The zero-order valence-electron chi connectivity index (χ0n) is 22.0. The first-order valence-corrected chi connectivity index (χ1v) is 12.8. The van der Waals surface area contributed by atoms with Crippen LogP contribution in [0.25, 0.3) is 0 Å². The maximum Gasteiger partial charge on any atom is 0.269 e. The van der Waals surface area contributed by atoms with Gasteiger partial charge in [0.15, 0.2) is 11.5 Å². The Bertz CT molecular complexity index is 1320. The molecular weight excluding hydrogens is 500 g/mol. The maximum absolute atomic E-state index is 13.1. The number of nitro groups is 1. The van der Waals surface area contributed by atoms with Gasteiger partial charge in [0.2, 0.25) is 0 Å². The second kappa shape index (κ2) is 12.8. The molecule has 1 aliphatic rings. The van der Waals surface area contributed by atoms with E-state index in [-0.39, 0.29) is 23.5 Å². The molecule has 2 N–H and O–H groups in total. The summed E-state index contributed by atoms with van der Waals surface area (Å²) in [5.74, 6) is 0.921. The fourth-order valence-electron chi connectivity index (χ4n) is 4.66. The molecule has 0 saturated carbocycles. The molecule has 0 spiro atoms. The lowest BCUT2D eigenvalue weighted by molar-refractivity contribution is -0.384. The molecule has 4 rings (SSSR count). The van der Waals surface area contributed by atoms with Crippen molar-refractivity contribution in [3.63, 3.8) is 0 Å². The van der Waals surface area contributed by atoms with Gasteiger partial charge in [-0.1, -0.05) is 18.2 Å². The van der Waals surface area contributed by atoms with Gasteiger partial charge >= 0.3 is 0 Å². The molecule has 0 bridgehead atoms. The fraction of sp³-hybridized carbons (Fsp3) is 0.310. The number of nitrogens with one attached hydrogen (secondary N) is 2. The number of carbonyl (C=O) groups is 2. The summed E-state index contributed by atoms with van der Waals surface area (Å²) in [6.45, 7) is 1.84. The number of amides is 2. The first kappa shape index (κ1) is 27.4. The Kier molecular flexibility index (Phi) is 8.98. The van der Waals surface area contributed by atoms with Crippen molar-refractivity contribution in [3.8, 4) is 11.5 Å². The van der Waals surface area contributed by atoms with E-state index < -0.39 is 4.92 Å². The summed E-state index contributed by atoms with van der Waals surface area (Å²) in [5, 5.41) is 16.9. The van der Waals surface area contributed by atoms with Gasteiger partial charge in [0.1, 0.15) is 0 Å². The molecule has 10 heteroatoms. The third-order valence-electron chi connectivity index (χ3n) is 6.81. The van der Waals surface area contributed by atoms with Crippen LogP contribution < -0.4 is 25.0 Å². The van der Waals surface area contributed by atoms with Crippen LogP contribution in [-0.2, 0) is 6.42 Å². The van der Waals surface area contributed by atoms with Crippen molar-refractivity contribution < 1.29 is 24.0 Å². The van der Waals surface area contributed by atoms with Crippen molar-refractivity contribution in [1.29, 1.82) is 0 Å². The molecule has 0 atom stereocenters. The van der Waals surface area contributed by atoms with E-state index in [4.69, 9.17) is 9.47 Å². The Labute approximate surface area is 227 Å². The molecule has 3 aromatic rings. The third kappa shape index (κ3) is 6.84. The van der Waals surface area contributed by atoms with E-state index in [1.807, 2.05) is 42.5 Å². The van der Waals surface area contributed by atoms with Crippen LogP contribution in [-0.4, -0.2) is 56.6 Å². The second-order valence-electron chi connectivity index (χ2n) is 9.25. The van der Waals surface area contributed by atoms with Crippen molar-refractivity contribution in [2.75, 3.05) is 38.8 Å². The lowest BCUT2D eigenvalue weighted by atomic mass is 10.0. The van der Waals surface area contributed by atoms with Crippen molar-refractivity contribution >= 4 is 23.2 Å². The van der Waals surface area contributed by atoms with Crippen LogP contribution in [0.2, 0.25) is 0 Å². The van der Waals surface area contributed by atoms with Gasteiger partial charge in [-0.3, -0.25) is 19.7 Å². The minimum Gasteiger partial charge on any atom is -0.493 e. The average molecular weight is 533 g/mol. The van der Waals surface area contributed by atoms with Crippen LogP contribution in [0.15, 0.2) is 66.7 Å². The summed E-state index contributed by atoms with van der Waals surface area (Å²) in [6.07, 6.45) is 2.08. The maximum atomic E-state index is 13.1. The van der Waals surface area contributed by atoms with Crippen molar-refractivity contribution in [2.24, 2.45) is 0 Å². The van der Waals surface area contributed by atoms with E-state index in [1.165, 1.54) is 24.3 Å². The Morgan fingerprint density at radius 3 is 2.31 bits per heavy atom. The number of anilines is 1. The van der Waals surface area contributed by atoms with Gasteiger partial charge in [0.25, 0.3) is 17.5 Å². The molecule has 0 unspecified atom stereocenters. The number of nitro benzene ring substituents is 1. The van der Waals surface area contributed by atoms with Crippen LogP contribution in [0.3, 0.4) is 0 Å². The Balaban J connectivity index is 1.30. The Hall–Kier alpha value is -4.60. The van der Waals surface area contributed by atoms with Gasteiger partial charge in [-0.15, -0.1) is 0 Å². The number of carbonyl (C=O) groups excluding carboxylic acids is 2. The molecule has 2 amide bonds. The number of non-ortho nitro benzene ring substituents is 1. The predicted molar refractivity (Wildman–Crippen MR) is 148 cm³/mol. The van der Waals surface area contributed by atoms with Gasteiger partial charge in [-0.05, 0) is 61.2 Å². The van der Waals surface area contributed by atoms with E-state index >= 15 is 0 Å². The van der Waals surface area contributed by atoms with E-state index in [0.717, 1.165) is 11.3 Å². The minimum absolute atomic E-state index is 0.0218. The summed E-state index contributed by atoms with van der Waals surface area (Å²) in [5.41, 5.74) is 2.83. The smallest absolute Gasteiger partial charge is 0.269 e. The number of piperidine rings is 1. The van der Waals surface area contributed by atoms with Crippen LogP contribution in [0.5, 0.6) is 11.5 Å². The number of nitrogens with zero attached hydrogens (tertiary/aromatic N) is 2. The zero-order valence-corrected chi connectivity index (χ0v) is 22.0. The monoisotopic (exact) mass is 532 g/mol. The number of methoxy groups -OCH3 is 2. The summed E-state index contributed by atoms with van der Waals surface area (Å²) in [7, 11) is 3.19. The summed E-state index contributed by atoms with van der Waals surface area (Å²) in [6, 6.07) is 18.8. The zero-order chi connectivity index (χ0) is 27.8. The van der Waals surface area contributed by atoms with Crippen LogP contribution >= 0.6 is 0 Å². The number of ether oxygens (including phenoxy) is 2. The van der Waals surface area contributed by atoms with E-state index in [0.29, 0.717) is 61.5 Å². The number of hydrogen-bond acceptors (Lipinski definition) is 7. The van der Waals surface area contributed by atoms with Gasteiger partial charge in [-0.25, -0.2) is 0 Å². The molecule has 1 aliphatic heterocycles. The first-order chi connectivity index (χ1) is 18.9. The van der Waals surface area contributed by atoms with Crippen molar-refractivity contribution in [3.05, 3.63) is 93.5 Å². The molecule has 0 radical (unpaired) electrons. The van der Waals surface area contributed by atoms with E-state index in [1.54, 1.807) is 14.2 Å². The number of rotatable bonds is 10. The summed E-state index contributed by atoms with van der Waals surface area (Å²) in [4.78, 5) is 38.2. The van der Waals surface area contributed by atoms with Crippen LogP contribution in [0, 0.1) is 10.1 Å². The molecule has 1 saturated heterocycles. The molecule has 39 heavy (non-hydrogen) atoms. The lowest BCUT2D eigenvalue weighted by Gasteiger charge is -2.35. The molecule has 0 aliphatic carbocycles. The molecular formula is C29H32N4O6. The normalized spacial score (nSPS) is 13.4. The summed E-state index contributed by atoms with van der Waals surface area (Å²) >= 11 is 0. The number of benzene rings is 3. The quantitative estimate of drug-likeness (QED) is 0.299. The first-order valence-electron chi connectivity index (χ1n) is 12.8. The number of para-hydroxylation sites is 1. The Morgan fingerprint density at radius 2 is 1.64 bits per heavy atom. The molecule has 3 aromatic carbocycles. The topological polar surface area (TPSA) is 123 Å². The predicted octanol–water partition coefficient (Wildman–Crippen LogP) is 3.98. The standard InChI is InChI=1S/C29H32N4O6/c1-38-26-12-7-20(19-27(26)39-2)13-16-30-29(35)24-5-3-4-6-25(24)32-17-14-22(15-18-32)31-28(34)21-8-10-23(11-9-21)33(36)37/h3-12,19,22H,13-18H2,1-2H3,(H,30,35)(H,31,34). The van der Waals surface area contributed by atoms with Crippen molar-refractivity contribution in [2.45, 2.75) is 25.3 Å². The SMILES string of the molecule is COc1ccc(CCNC(=O)c2ccccc2N2CCC(NC(=O)c3ccc([N+](=O)[O-])cc3)CC2)cc1OC. The van der Waals surface area contributed by atoms with Gasteiger partial charge in [0.05, 0.1) is 24.7 Å². The Morgan fingerprint density at radius 1 is 0.949 bits per heavy atom. The fourth-order valence-corrected chi connectivity index (χ4v) is 4.66. The third-order valence-corrected chi connectivity index (χ3v) is 6.81. The minimum atomic E-state index is -0.492. The highest BCUT2D eigenvalue weighted by molar-refractivity contribution is 6.00. The van der Waals surface area contributed by atoms with Gasteiger partial charge in [0, 0.05) is 49.1 Å². The summed E-state index contributed by atoms with van der Waals surface area (Å²) < 4.78 is 10.6. The van der Waals surface area contributed by atoms with Crippen molar-refractivity contribution in [1.82, 2.24) is 10.6 Å². The molecule has 204 valence electrons. The number of hydrogen-bond donors (Lipinski definition) is 2. The van der Waals surface area contributed by atoms with Crippen LogP contribution in [0.1, 0.15) is 39.1 Å².